The largest absolute Gasteiger partial charge is 0.258 e. The fourth-order valence-electron chi connectivity index (χ4n) is 8.27. The highest BCUT2D eigenvalue weighted by molar-refractivity contribution is 6.14. The molecule has 0 N–H and O–H groups in total. The van der Waals surface area contributed by atoms with Crippen LogP contribution in [0.4, 0.5) is 0 Å². The molecular weight excluding hydrogens is 653 g/mol. The van der Waals surface area contributed by atoms with E-state index in [0.717, 1.165) is 56.2 Å². The Morgan fingerprint density at radius 2 is 0.815 bits per heavy atom. The van der Waals surface area contributed by atoms with Crippen LogP contribution in [0.25, 0.3) is 99.0 Å². The Labute approximate surface area is 315 Å². The van der Waals surface area contributed by atoms with Gasteiger partial charge in [0, 0.05) is 28.1 Å². The number of hydrogen-bond acceptors (Lipinski definition) is 2. The number of hydrogen-bond donors (Lipinski definition) is 0. The molecule has 10 rings (SSSR count). The molecule has 0 saturated heterocycles. The molecule has 2 heterocycles. The second-order valence-corrected chi connectivity index (χ2v) is 14.3. The molecular formula is C52H36N2. The number of fused-ring (bicyclic) bond motifs is 5. The summed E-state index contributed by atoms with van der Waals surface area (Å²) < 4.78 is 0. The Balaban J connectivity index is 1.28. The van der Waals surface area contributed by atoms with E-state index < -0.39 is 0 Å². The lowest BCUT2D eigenvalue weighted by Gasteiger charge is -2.17. The summed E-state index contributed by atoms with van der Waals surface area (Å²) in [4.78, 5) is 10.4. The molecule has 2 heteroatoms. The normalized spacial score (nSPS) is 11.5. The van der Waals surface area contributed by atoms with Crippen LogP contribution in [0.15, 0.2) is 182 Å². The maximum Gasteiger partial charge on any atom is 0.0721 e. The first-order valence-electron chi connectivity index (χ1n) is 18.6. The van der Waals surface area contributed by atoms with E-state index >= 15 is 0 Å². The molecule has 8 aromatic carbocycles. The zero-order chi connectivity index (χ0) is 36.2. The topological polar surface area (TPSA) is 25.8 Å². The number of nitrogens with zero attached hydrogens (tertiary/aromatic N) is 2. The minimum absolute atomic E-state index is 0.925. The van der Waals surface area contributed by atoms with Gasteiger partial charge >= 0.3 is 0 Å². The molecule has 0 amide bonds. The van der Waals surface area contributed by atoms with Gasteiger partial charge < -0.3 is 0 Å². The van der Waals surface area contributed by atoms with E-state index in [4.69, 9.17) is 9.97 Å². The van der Waals surface area contributed by atoms with Crippen molar-refractivity contribution in [1.82, 2.24) is 9.97 Å². The third-order valence-electron chi connectivity index (χ3n) is 10.8. The molecule has 54 heavy (non-hydrogen) atoms. The van der Waals surface area contributed by atoms with E-state index in [1.54, 1.807) is 0 Å². The Morgan fingerprint density at radius 3 is 1.54 bits per heavy atom. The molecule has 0 saturated carbocycles. The van der Waals surface area contributed by atoms with Crippen molar-refractivity contribution in [3.63, 3.8) is 0 Å². The van der Waals surface area contributed by atoms with Crippen molar-refractivity contribution in [1.29, 1.82) is 0 Å². The number of pyridine rings is 2. The fourth-order valence-corrected chi connectivity index (χ4v) is 8.27. The van der Waals surface area contributed by atoms with Gasteiger partial charge in [-0.3, -0.25) is 4.98 Å². The van der Waals surface area contributed by atoms with Gasteiger partial charge in [-0.1, -0.05) is 140 Å². The average Bonchev–Trinajstić information content (AvgIpc) is 3.22. The van der Waals surface area contributed by atoms with E-state index in [0.29, 0.717) is 0 Å². The number of rotatable bonds is 5. The predicted molar refractivity (Wildman–Crippen MR) is 229 cm³/mol. The second kappa shape index (κ2) is 12.9. The zero-order valence-corrected chi connectivity index (χ0v) is 30.2. The van der Waals surface area contributed by atoms with Gasteiger partial charge in [0.25, 0.3) is 0 Å². The van der Waals surface area contributed by atoms with Crippen LogP contribution in [0, 0.1) is 13.8 Å². The highest BCUT2D eigenvalue weighted by Crippen LogP contribution is 2.41. The van der Waals surface area contributed by atoms with E-state index in [1.165, 1.54) is 54.2 Å². The van der Waals surface area contributed by atoms with E-state index in [1.807, 2.05) is 0 Å². The lowest BCUT2D eigenvalue weighted by Crippen LogP contribution is -1.95. The van der Waals surface area contributed by atoms with Crippen molar-refractivity contribution in [3.8, 4) is 55.9 Å². The SMILES string of the molecule is Cc1ccc(-c2cc(-c3cc(-c4cccc5ccccc45)cc(-c4cccc5ccccc45)n3)cc(-c3cc4ccccc4c4ccccc34)c2)c(C)n1. The molecule has 10 aromatic rings. The maximum atomic E-state index is 5.53. The quantitative estimate of drug-likeness (QED) is 0.168. The summed E-state index contributed by atoms with van der Waals surface area (Å²) in [5, 5.41) is 9.79. The lowest BCUT2D eigenvalue weighted by atomic mass is 9.89. The molecule has 0 atom stereocenters. The number of aromatic nitrogens is 2. The van der Waals surface area contributed by atoms with Crippen LogP contribution >= 0.6 is 0 Å². The lowest BCUT2D eigenvalue weighted by molar-refractivity contribution is 1.13. The Hall–Kier alpha value is -6.90. The van der Waals surface area contributed by atoms with Gasteiger partial charge in [-0.15, -0.1) is 0 Å². The van der Waals surface area contributed by atoms with Crippen LogP contribution in [-0.2, 0) is 0 Å². The van der Waals surface area contributed by atoms with E-state index in [9.17, 15) is 0 Å². The third-order valence-corrected chi connectivity index (χ3v) is 10.8. The first-order valence-corrected chi connectivity index (χ1v) is 18.6. The summed E-state index contributed by atoms with van der Waals surface area (Å²) >= 11 is 0. The van der Waals surface area contributed by atoms with Crippen molar-refractivity contribution in [3.05, 3.63) is 193 Å². The van der Waals surface area contributed by atoms with Crippen LogP contribution in [0.1, 0.15) is 11.4 Å². The highest BCUT2D eigenvalue weighted by Gasteiger charge is 2.17. The van der Waals surface area contributed by atoms with Crippen molar-refractivity contribution in [2.75, 3.05) is 0 Å². The average molecular weight is 689 g/mol. The van der Waals surface area contributed by atoms with Crippen LogP contribution in [0.5, 0.6) is 0 Å². The van der Waals surface area contributed by atoms with Crippen LogP contribution in [0.3, 0.4) is 0 Å². The van der Waals surface area contributed by atoms with Crippen molar-refractivity contribution < 1.29 is 0 Å². The zero-order valence-electron chi connectivity index (χ0n) is 30.2. The minimum atomic E-state index is 0.925. The van der Waals surface area contributed by atoms with Gasteiger partial charge in [0.15, 0.2) is 0 Å². The summed E-state index contributed by atoms with van der Waals surface area (Å²) in [5.41, 5.74) is 13.0. The van der Waals surface area contributed by atoms with Crippen LogP contribution in [-0.4, -0.2) is 9.97 Å². The number of aryl methyl sites for hydroxylation is 2. The summed E-state index contributed by atoms with van der Waals surface area (Å²) in [7, 11) is 0. The van der Waals surface area contributed by atoms with Gasteiger partial charge in [0.05, 0.1) is 11.4 Å². The molecule has 0 radical (unpaired) electrons. The van der Waals surface area contributed by atoms with Gasteiger partial charge in [0.2, 0.25) is 0 Å². The Kier molecular flexibility index (Phi) is 7.63. The van der Waals surface area contributed by atoms with Gasteiger partial charge in [-0.2, -0.15) is 0 Å². The standard InChI is InChI=1S/C52H36N2/c1-33-25-26-42(34(2)53-33)38-27-39(50-30-37-15-5-8-20-45(37)47-21-9-10-22-48(47)50)29-41(28-38)51-31-40(46-23-11-16-35-13-3-6-18-43(35)46)32-52(54-51)49-24-12-17-36-14-4-7-19-44(36)49/h3-32H,1-2H3. The van der Waals surface area contributed by atoms with Crippen molar-refractivity contribution >= 4 is 43.1 Å². The highest BCUT2D eigenvalue weighted by atomic mass is 14.7. The molecule has 254 valence electrons. The minimum Gasteiger partial charge on any atom is -0.258 e. The Morgan fingerprint density at radius 1 is 0.296 bits per heavy atom. The second-order valence-electron chi connectivity index (χ2n) is 14.3. The molecule has 0 bridgehead atoms. The molecule has 0 aliphatic heterocycles. The molecule has 2 aromatic heterocycles. The van der Waals surface area contributed by atoms with Crippen molar-refractivity contribution in [2.45, 2.75) is 13.8 Å². The molecule has 0 spiro atoms. The molecule has 2 nitrogen and oxygen atoms in total. The molecule has 0 aliphatic carbocycles. The van der Waals surface area contributed by atoms with Crippen LogP contribution < -0.4 is 0 Å². The van der Waals surface area contributed by atoms with E-state index in [2.05, 4.69) is 196 Å². The summed E-state index contributed by atoms with van der Waals surface area (Å²) in [6, 6.07) is 66.0. The fraction of sp³-hybridized carbons (Fsp3) is 0.0385. The molecule has 0 aliphatic rings. The summed E-state index contributed by atoms with van der Waals surface area (Å²) in [5.74, 6) is 0. The first kappa shape index (κ1) is 31.8. The summed E-state index contributed by atoms with van der Waals surface area (Å²) in [6.45, 7) is 4.16. The van der Waals surface area contributed by atoms with Gasteiger partial charge in [-0.05, 0) is 127 Å². The smallest absolute Gasteiger partial charge is 0.0721 e. The maximum absolute atomic E-state index is 5.53. The first-order chi connectivity index (χ1) is 26.6. The Bertz CT molecular complexity index is 2970. The predicted octanol–water partition coefficient (Wildman–Crippen LogP) is 14.0. The number of benzene rings is 8. The monoisotopic (exact) mass is 688 g/mol. The van der Waals surface area contributed by atoms with Gasteiger partial charge in [-0.25, -0.2) is 4.98 Å². The third kappa shape index (κ3) is 5.52. The van der Waals surface area contributed by atoms with E-state index in [-0.39, 0.29) is 0 Å². The summed E-state index contributed by atoms with van der Waals surface area (Å²) in [6.07, 6.45) is 0. The van der Waals surface area contributed by atoms with Gasteiger partial charge in [0.1, 0.15) is 0 Å². The molecule has 0 unspecified atom stereocenters. The van der Waals surface area contributed by atoms with Crippen LogP contribution in [0.2, 0.25) is 0 Å². The molecule has 0 fully saturated rings. The van der Waals surface area contributed by atoms with Crippen molar-refractivity contribution in [2.24, 2.45) is 0 Å².